The van der Waals surface area contributed by atoms with E-state index in [1.54, 1.807) is 30.0 Å². The van der Waals surface area contributed by atoms with Gasteiger partial charge >= 0.3 is 0 Å². The van der Waals surface area contributed by atoms with Gasteiger partial charge in [-0.1, -0.05) is 41.5 Å². The lowest BCUT2D eigenvalue weighted by atomic mass is 9.86. The lowest BCUT2D eigenvalue weighted by Gasteiger charge is -2.42. The van der Waals surface area contributed by atoms with E-state index in [2.05, 4.69) is 53.3 Å². The first kappa shape index (κ1) is 57.7. The fourth-order valence-electron chi connectivity index (χ4n) is 9.68. The summed E-state index contributed by atoms with van der Waals surface area (Å²) in [5, 5.41) is 9.41. The van der Waals surface area contributed by atoms with Gasteiger partial charge in [0.05, 0.1) is 42.7 Å². The maximum atomic E-state index is 14.8. The molecule has 2 aliphatic heterocycles. The molecule has 0 aliphatic carbocycles. The van der Waals surface area contributed by atoms with Crippen molar-refractivity contribution in [3.8, 4) is 5.88 Å². The number of aromatic amines is 1. The third kappa shape index (κ3) is 13.9. The Morgan fingerprint density at radius 2 is 1.61 bits per heavy atom. The van der Waals surface area contributed by atoms with Gasteiger partial charge in [0.2, 0.25) is 17.6 Å². The number of nitrogens with one attached hydrogen (secondary N) is 4. The Balaban J connectivity index is 1.26. The lowest BCUT2D eigenvalue weighted by molar-refractivity contribution is -0.183. The molecule has 398 valence electrons. The molecule has 1 saturated heterocycles. The van der Waals surface area contributed by atoms with Crippen molar-refractivity contribution in [2.24, 2.45) is 0 Å². The Labute approximate surface area is 431 Å². The summed E-state index contributed by atoms with van der Waals surface area (Å²) < 4.78 is 34.2. The number of ether oxygens (including phenoxy) is 4. The smallest absolute Gasteiger partial charge is 0.270 e. The highest BCUT2D eigenvalue weighted by Gasteiger charge is 2.46. The molecule has 3 aromatic rings. The van der Waals surface area contributed by atoms with Crippen molar-refractivity contribution in [2.75, 3.05) is 86.5 Å². The van der Waals surface area contributed by atoms with E-state index in [-0.39, 0.29) is 81.0 Å². The second-order valence-corrected chi connectivity index (χ2v) is 20.3. The van der Waals surface area contributed by atoms with Crippen LogP contribution in [-0.2, 0) is 38.2 Å². The fraction of sp³-hybridized carbons (Fsp3) is 0.642. The first-order chi connectivity index (χ1) is 34.2. The number of carbonyl (C=O) groups is 5. The molecule has 5 rings (SSSR count). The van der Waals surface area contributed by atoms with Gasteiger partial charge in [-0.3, -0.25) is 24.0 Å². The van der Waals surface area contributed by atoms with E-state index in [4.69, 9.17) is 18.9 Å². The molecular formula is C53H81N9O9S. The predicted molar refractivity (Wildman–Crippen MR) is 285 cm³/mol. The summed E-state index contributed by atoms with van der Waals surface area (Å²) in [6.45, 7) is 30.9. The number of carbonyl (C=O) groups excluding carboxylic acids is 5. The number of nitrogens with zero attached hydrogens (tertiary/aromatic N) is 5. The first-order valence-electron chi connectivity index (χ1n) is 25.8. The molecule has 0 spiro atoms. The number of H-pyrrole nitrogens is 1. The zero-order valence-electron chi connectivity index (χ0n) is 45.1. The number of anilines is 4. The summed E-state index contributed by atoms with van der Waals surface area (Å²) in [5.41, 5.74) is 2.74. The zero-order chi connectivity index (χ0) is 53.0. The Morgan fingerprint density at radius 3 is 2.22 bits per heavy atom. The second-order valence-electron chi connectivity index (χ2n) is 19.7. The van der Waals surface area contributed by atoms with Crippen molar-refractivity contribution in [3.05, 3.63) is 40.7 Å². The van der Waals surface area contributed by atoms with Crippen molar-refractivity contribution in [3.63, 3.8) is 0 Å². The van der Waals surface area contributed by atoms with E-state index in [0.29, 0.717) is 60.5 Å². The molecule has 0 bridgehead atoms. The summed E-state index contributed by atoms with van der Waals surface area (Å²) in [4.78, 5) is 78.4. The molecule has 18 nitrogen and oxygen atoms in total. The molecule has 2 aliphatic rings. The Hall–Kier alpha value is -5.21. The van der Waals surface area contributed by atoms with Crippen LogP contribution < -0.4 is 25.6 Å². The number of likely N-dealkylation sites (N-methyl/N-ethyl adjacent to an activating group) is 1. The number of hydrogen-bond acceptors (Lipinski definition) is 15. The lowest BCUT2D eigenvalue weighted by Crippen LogP contribution is -2.56. The number of amides is 3. The molecule has 19 heteroatoms. The van der Waals surface area contributed by atoms with Gasteiger partial charge in [0.25, 0.3) is 11.8 Å². The van der Waals surface area contributed by atoms with Crippen molar-refractivity contribution in [2.45, 2.75) is 157 Å². The molecule has 0 radical (unpaired) electrons. The van der Waals surface area contributed by atoms with Gasteiger partial charge in [-0.25, -0.2) is 0 Å². The fourth-order valence-corrected chi connectivity index (χ4v) is 10.2. The van der Waals surface area contributed by atoms with Crippen LogP contribution in [0.1, 0.15) is 137 Å². The number of ketones is 2. The van der Waals surface area contributed by atoms with E-state index in [0.717, 1.165) is 60.5 Å². The van der Waals surface area contributed by atoms with E-state index in [1.807, 2.05) is 68.4 Å². The molecule has 1 fully saturated rings. The Bertz CT molecular complexity index is 2370. The number of benzene rings is 1. The van der Waals surface area contributed by atoms with Crippen molar-refractivity contribution < 1.29 is 42.9 Å². The van der Waals surface area contributed by atoms with Crippen LogP contribution in [0, 0.1) is 13.8 Å². The summed E-state index contributed by atoms with van der Waals surface area (Å²) in [6.07, 6.45) is 0.837. The molecule has 4 N–H and O–H groups in total. The minimum absolute atomic E-state index is 0.0248. The van der Waals surface area contributed by atoms with Gasteiger partial charge in [0.15, 0.2) is 11.6 Å². The van der Waals surface area contributed by atoms with Crippen LogP contribution in [0.5, 0.6) is 5.88 Å². The average Bonchev–Trinajstić information content (AvgIpc) is 4.04. The minimum Gasteiger partial charge on any atom is -0.472 e. The van der Waals surface area contributed by atoms with E-state index in [9.17, 15) is 24.0 Å². The van der Waals surface area contributed by atoms with Crippen LogP contribution in [0.4, 0.5) is 22.9 Å². The Kier molecular flexibility index (Phi) is 20.5. The number of aromatic nitrogens is 3. The molecule has 3 amide bonds. The first-order valence-corrected chi connectivity index (χ1v) is 26.5. The standard InChI is InChI=1S/C53H81N9O9S/c1-14-52(15-2,44(64)22-23-45(65)56-38-20-21-42-40(30-38)41(49(67)57-42)31-43-34(7)46(35(8)55-43)54-24-25-60(18-5)19-6)70-36(9)47(66)53(16-3,17-4)71-39(32-62(37(10)63)51(11,12)13)33-69-50-48(58-72-59-50)61-26-28-68-29-27-61/h20-21,30-31,36,39,54-55H,14-19,22-29,32-33H2,1-13H3,(H,56,65)(H,57,67)/b41-31-/t36-,39+/m1/s1. The molecular weight excluding hydrogens is 939 g/mol. The van der Waals surface area contributed by atoms with Crippen molar-refractivity contribution in [1.82, 2.24) is 23.5 Å². The quantitative estimate of drug-likeness (QED) is 0.0508. The van der Waals surface area contributed by atoms with Crippen LogP contribution in [0.2, 0.25) is 0 Å². The summed E-state index contributed by atoms with van der Waals surface area (Å²) in [7, 11) is 0. The van der Waals surface area contributed by atoms with Gasteiger partial charge in [-0.15, -0.1) is 4.37 Å². The molecule has 0 unspecified atom stereocenters. The SMILES string of the molecule is CCN(CC)CCNc1c(C)[nH]c(/C=C2\C(=O)Nc3ccc(NC(=O)CCC(=O)C(CC)(CC)O[C@H](C)C(=O)C(CC)(CC)O[C@H](COc4nsnc4N4CCOCC4)CN(C(C)=O)C(C)(C)C)cc32)c1C. The maximum Gasteiger partial charge on any atom is 0.270 e. The predicted octanol–water partition coefficient (Wildman–Crippen LogP) is 8.06. The Morgan fingerprint density at radius 1 is 0.944 bits per heavy atom. The van der Waals surface area contributed by atoms with Gasteiger partial charge < -0.3 is 54.6 Å². The summed E-state index contributed by atoms with van der Waals surface area (Å²) in [5.74, 6) is -0.475. The number of rotatable bonds is 28. The van der Waals surface area contributed by atoms with Crippen LogP contribution in [-0.4, -0.2) is 147 Å². The largest absolute Gasteiger partial charge is 0.472 e. The third-order valence-corrected chi connectivity index (χ3v) is 14.7. The van der Waals surface area contributed by atoms with Crippen LogP contribution in [0.25, 0.3) is 11.6 Å². The number of aryl methyl sites for hydroxylation is 1. The van der Waals surface area contributed by atoms with Gasteiger partial charge in [0.1, 0.15) is 30.0 Å². The van der Waals surface area contributed by atoms with E-state index in [1.165, 1.54) is 6.92 Å². The van der Waals surface area contributed by atoms with Crippen molar-refractivity contribution >= 4 is 75.5 Å². The molecule has 1 aromatic carbocycles. The summed E-state index contributed by atoms with van der Waals surface area (Å²) >= 11 is 1.04. The highest BCUT2D eigenvalue weighted by molar-refractivity contribution is 6.99. The normalized spacial score (nSPS) is 15.6. The number of Topliss-reactive ketones (excluding diaryl/α,β-unsaturated/α-hetero) is 2. The van der Waals surface area contributed by atoms with Crippen LogP contribution in [0.3, 0.4) is 0 Å². The molecule has 72 heavy (non-hydrogen) atoms. The number of morpholine rings is 1. The summed E-state index contributed by atoms with van der Waals surface area (Å²) in [6, 6.07) is 5.23. The molecule has 0 saturated carbocycles. The molecule has 2 aromatic heterocycles. The van der Waals surface area contributed by atoms with Crippen molar-refractivity contribution in [1.29, 1.82) is 0 Å². The second kappa shape index (κ2) is 25.6. The molecule has 4 heterocycles. The van der Waals surface area contributed by atoms with Gasteiger partial charge in [-0.2, -0.15) is 4.37 Å². The number of hydrogen-bond donors (Lipinski definition) is 4. The topological polar surface area (TPSA) is 210 Å². The zero-order valence-corrected chi connectivity index (χ0v) is 45.9. The maximum absolute atomic E-state index is 14.8. The average molecular weight is 1020 g/mol. The van der Waals surface area contributed by atoms with Gasteiger partial charge in [0, 0.05) is 79.8 Å². The highest BCUT2D eigenvalue weighted by Crippen LogP contribution is 2.37. The van der Waals surface area contributed by atoms with E-state index < -0.39 is 28.9 Å². The van der Waals surface area contributed by atoms with Crippen LogP contribution >= 0.6 is 11.7 Å². The third-order valence-electron chi connectivity index (χ3n) is 14.2. The van der Waals surface area contributed by atoms with Gasteiger partial charge in [-0.05, 0) is 110 Å². The monoisotopic (exact) mass is 1020 g/mol. The van der Waals surface area contributed by atoms with Crippen LogP contribution in [0.15, 0.2) is 18.2 Å². The number of fused-ring (bicyclic) bond motifs is 1. The minimum atomic E-state index is -1.37. The molecule has 2 atom stereocenters. The van der Waals surface area contributed by atoms with E-state index >= 15 is 0 Å². The highest BCUT2D eigenvalue weighted by atomic mass is 32.1.